The summed E-state index contributed by atoms with van der Waals surface area (Å²) < 4.78 is 5.58. The molecule has 4 heteroatoms. The molecule has 0 saturated heterocycles. The van der Waals surface area contributed by atoms with Gasteiger partial charge in [0.1, 0.15) is 12.4 Å². The molecule has 0 saturated carbocycles. The van der Waals surface area contributed by atoms with Crippen LogP contribution in [0.5, 0.6) is 5.75 Å². The highest BCUT2D eigenvalue weighted by atomic mass is 16.5. The van der Waals surface area contributed by atoms with Crippen molar-refractivity contribution in [3.8, 4) is 5.75 Å². The highest BCUT2D eigenvalue weighted by Gasteiger charge is 2.02. The minimum Gasteiger partial charge on any atom is -0.492 e. The van der Waals surface area contributed by atoms with Gasteiger partial charge in [-0.2, -0.15) is 0 Å². The lowest BCUT2D eigenvalue weighted by atomic mass is 10.1. The van der Waals surface area contributed by atoms with Gasteiger partial charge in [0.15, 0.2) is 0 Å². The number of rotatable bonds is 6. The number of hydrogen-bond acceptors (Lipinski definition) is 2. The molecule has 0 aromatic heterocycles. The summed E-state index contributed by atoms with van der Waals surface area (Å²) in [4.78, 5) is 11.7. The number of ether oxygens (including phenoxy) is 1. The van der Waals surface area contributed by atoms with Crippen LogP contribution < -0.4 is 15.4 Å². The van der Waals surface area contributed by atoms with E-state index in [2.05, 4.69) is 10.6 Å². The van der Waals surface area contributed by atoms with Crippen molar-refractivity contribution in [3.05, 3.63) is 65.2 Å². The van der Waals surface area contributed by atoms with Crippen LogP contribution in [-0.4, -0.2) is 19.2 Å². The van der Waals surface area contributed by atoms with Gasteiger partial charge in [0.05, 0.1) is 6.54 Å². The fourth-order valence-corrected chi connectivity index (χ4v) is 2.09. The third-order valence-electron chi connectivity index (χ3n) is 3.35. The molecule has 2 N–H and O–H groups in total. The largest absolute Gasteiger partial charge is 0.492 e. The number of amides is 2. The number of aryl methyl sites for hydroxylation is 2. The molecule has 0 aliphatic carbocycles. The number of carbonyl (C=O) groups excluding carboxylic acids is 1. The minimum atomic E-state index is -0.184. The standard InChI is InChI=1S/C18H22N2O2/c1-14-6-5-9-17(12-14)22-11-10-19-18(21)20-13-16-8-4-3-7-15(16)2/h3-9,12H,10-11,13H2,1-2H3,(H2,19,20,21). The maximum Gasteiger partial charge on any atom is 0.315 e. The van der Waals surface area contributed by atoms with Crippen LogP contribution in [0.15, 0.2) is 48.5 Å². The van der Waals surface area contributed by atoms with Crippen LogP contribution in [0.4, 0.5) is 4.79 Å². The lowest BCUT2D eigenvalue weighted by molar-refractivity contribution is 0.236. The molecule has 0 atom stereocenters. The molecule has 0 aliphatic rings. The lowest BCUT2D eigenvalue weighted by Gasteiger charge is -2.10. The first kappa shape index (κ1) is 15.9. The summed E-state index contributed by atoms with van der Waals surface area (Å²) in [6.07, 6.45) is 0. The smallest absolute Gasteiger partial charge is 0.315 e. The zero-order valence-corrected chi connectivity index (χ0v) is 13.1. The van der Waals surface area contributed by atoms with Gasteiger partial charge in [0, 0.05) is 6.54 Å². The van der Waals surface area contributed by atoms with E-state index in [0.29, 0.717) is 19.7 Å². The van der Waals surface area contributed by atoms with Crippen LogP contribution >= 0.6 is 0 Å². The molecule has 0 fully saturated rings. The second-order valence-corrected chi connectivity index (χ2v) is 5.20. The molecule has 0 bridgehead atoms. The minimum absolute atomic E-state index is 0.184. The third-order valence-corrected chi connectivity index (χ3v) is 3.35. The van der Waals surface area contributed by atoms with Crippen LogP contribution in [0, 0.1) is 13.8 Å². The first-order chi connectivity index (χ1) is 10.6. The van der Waals surface area contributed by atoms with Crippen LogP contribution in [0.25, 0.3) is 0 Å². The van der Waals surface area contributed by atoms with E-state index in [1.165, 1.54) is 5.56 Å². The molecule has 2 aromatic rings. The molecule has 2 amide bonds. The summed E-state index contributed by atoms with van der Waals surface area (Å²) in [7, 11) is 0. The molecule has 0 unspecified atom stereocenters. The van der Waals surface area contributed by atoms with Gasteiger partial charge in [0.25, 0.3) is 0 Å². The quantitative estimate of drug-likeness (QED) is 0.805. The van der Waals surface area contributed by atoms with Crippen LogP contribution in [-0.2, 0) is 6.54 Å². The molecular weight excluding hydrogens is 276 g/mol. The Kier molecular flexibility index (Phi) is 5.83. The number of urea groups is 1. The van der Waals surface area contributed by atoms with Crippen molar-refractivity contribution in [3.63, 3.8) is 0 Å². The normalized spacial score (nSPS) is 10.1. The second-order valence-electron chi connectivity index (χ2n) is 5.20. The Morgan fingerprint density at radius 3 is 2.64 bits per heavy atom. The zero-order chi connectivity index (χ0) is 15.8. The van der Waals surface area contributed by atoms with Crippen molar-refractivity contribution < 1.29 is 9.53 Å². The van der Waals surface area contributed by atoms with Gasteiger partial charge >= 0.3 is 6.03 Å². The van der Waals surface area contributed by atoms with Gasteiger partial charge in [-0.3, -0.25) is 0 Å². The summed E-state index contributed by atoms with van der Waals surface area (Å²) in [5.41, 5.74) is 3.45. The predicted molar refractivity (Wildman–Crippen MR) is 88.1 cm³/mol. The van der Waals surface area contributed by atoms with E-state index in [-0.39, 0.29) is 6.03 Å². The zero-order valence-electron chi connectivity index (χ0n) is 13.1. The molecule has 2 aromatic carbocycles. The molecule has 0 radical (unpaired) electrons. The summed E-state index contributed by atoms with van der Waals surface area (Å²) >= 11 is 0. The molecule has 0 aliphatic heterocycles. The Morgan fingerprint density at radius 2 is 1.86 bits per heavy atom. The van der Waals surface area contributed by atoms with E-state index in [4.69, 9.17) is 4.74 Å². The van der Waals surface area contributed by atoms with Gasteiger partial charge in [-0.25, -0.2) is 4.79 Å². The first-order valence-corrected chi connectivity index (χ1v) is 7.41. The van der Waals surface area contributed by atoms with Crippen LogP contribution in [0.1, 0.15) is 16.7 Å². The summed E-state index contributed by atoms with van der Waals surface area (Å²) in [5.74, 6) is 0.821. The third kappa shape index (κ3) is 5.13. The Morgan fingerprint density at radius 1 is 1.05 bits per heavy atom. The maximum atomic E-state index is 11.7. The van der Waals surface area contributed by atoms with Crippen LogP contribution in [0.3, 0.4) is 0 Å². The fraction of sp³-hybridized carbons (Fsp3) is 0.278. The Labute approximate surface area is 131 Å². The predicted octanol–water partition coefficient (Wildman–Crippen LogP) is 3.18. The monoisotopic (exact) mass is 298 g/mol. The topological polar surface area (TPSA) is 50.4 Å². The maximum absolute atomic E-state index is 11.7. The van der Waals surface area contributed by atoms with E-state index in [9.17, 15) is 4.79 Å². The number of benzene rings is 2. The second kappa shape index (κ2) is 8.08. The van der Waals surface area contributed by atoms with Gasteiger partial charge in [-0.15, -0.1) is 0 Å². The summed E-state index contributed by atoms with van der Waals surface area (Å²) in [6, 6.07) is 15.7. The molecule has 4 nitrogen and oxygen atoms in total. The van der Waals surface area contributed by atoms with E-state index in [1.807, 2.05) is 62.4 Å². The van der Waals surface area contributed by atoms with Gasteiger partial charge in [-0.1, -0.05) is 36.4 Å². The van der Waals surface area contributed by atoms with Crippen molar-refractivity contribution in [2.75, 3.05) is 13.2 Å². The highest BCUT2D eigenvalue weighted by Crippen LogP contribution is 2.11. The van der Waals surface area contributed by atoms with Crippen molar-refractivity contribution in [1.29, 1.82) is 0 Å². The van der Waals surface area contributed by atoms with E-state index < -0.39 is 0 Å². The number of hydrogen-bond donors (Lipinski definition) is 2. The summed E-state index contributed by atoms with van der Waals surface area (Å²) in [6.45, 7) is 5.49. The first-order valence-electron chi connectivity index (χ1n) is 7.41. The average molecular weight is 298 g/mol. The molecule has 0 heterocycles. The Bertz CT molecular complexity index is 626. The van der Waals surface area contributed by atoms with Crippen molar-refractivity contribution in [1.82, 2.24) is 10.6 Å². The fourth-order valence-electron chi connectivity index (χ4n) is 2.09. The van der Waals surface area contributed by atoms with Gasteiger partial charge in [-0.05, 0) is 42.7 Å². The van der Waals surface area contributed by atoms with Crippen LogP contribution in [0.2, 0.25) is 0 Å². The Hall–Kier alpha value is -2.49. The SMILES string of the molecule is Cc1cccc(OCCNC(=O)NCc2ccccc2C)c1. The van der Waals surface area contributed by atoms with E-state index in [0.717, 1.165) is 16.9 Å². The van der Waals surface area contributed by atoms with Gasteiger partial charge < -0.3 is 15.4 Å². The van der Waals surface area contributed by atoms with E-state index >= 15 is 0 Å². The van der Waals surface area contributed by atoms with Crippen molar-refractivity contribution in [2.24, 2.45) is 0 Å². The molecular formula is C18H22N2O2. The molecule has 116 valence electrons. The number of nitrogens with one attached hydrogen (secondary N) is 2. The molecule has 22 heavy (non-hydrogen) atoms. The highest BCUT2D eigenvalue weighted by molar-refractivity contribution is 5.73. The average Bonchev–Trinajstić information content (AvgIpc) is 2.51. The Balaban J connectivity index is 1.65. The van der Waals surface area contributed by atoms with Crippen molar-refractivity contribution >= 4 is 6.03 Å². The summed E-state index contributed by atoms with van der Waals surface area (Å²) in [5, 5.41) is 5.62. The van der Waals surface area contributed by atoms with E-state index in [1.54, 1.807) is 0 Å². The molecule has 2 rings (SSSR count). The van der Waals surface area contributed by atoms with Gasteiger partial charge in [0.2, 0.25) is 0 Å². The van der Waals surface area contributed by atoms with Crippen molar-refractivity contribution in [2.45, 2.75) is 20.4 Å². The lowest BCUT2D eigenvalue weighted by Crippen LogP contribution is -2.37. The number of carbonyl (C=O) groups is 1. The molecule has 0 spiro atoms.